The number of carbonyl (C=O) groups is 1. The lowest BCUT2D eigenvalue weighted by Gasteiger charge is -2.34. The summed E-state index contributed by atoms with van der Waals surface area (Å²) in [5.74, 6) is 0. The van der Waals surface area contributed by atoms with Crippen LogP contribution >= 0.6 is 0 Å². The minimum atomic E-state index is -0.337. The first kappa shape index (κ1) is 11.8. The van der Waals surface area contributed by atoms with Crippen LogP contribution in [0.3, 0.4) is 0 Å². The predicted molar refractivity (Wildman–Crippen MR) is 64.6 cm³/mol. The second kappa shape index (κ2) is 4.67. The number of likely N-dealkylation sites (N-methyl/N-ethyl adjacent to an activating group) is 1. The van der Waals surface area contributed by atoms with E-state index in [4.69, 9.17) is 0 Å². The average Bonchev–Trinajstić information content (AvgIpc) is 2.34. The highest BCUT2D eigenvalue weighted by atomic mass is 16.1. The Kier molecular flexibility index (Phi) is 3.23. The van der Waals surface area contributed by atoms with Gasteiger partial charge in [0.05, 0.1) is 11.9 Å². The normalized spacial score (nSPS) is 17.2. The van der Waals surface area contributed by atoms with Crippen molar-refractivity contribution in [1.29, 1.82) is 0 Å². The molecule has 1 saturated heterocycles. The van der Waals surface area contributed by atoms with Crippen molar-refractivity contribution in [3.05, 3.63) is 22.1 Å². The largest absolute Gasteiger partial charge is 0.367 e. The molecule has 1 fully saturated rings. The van der Waals surface area contributed by atoms with Crippen LogP contribution in [-0.2, 0) is 7.05 Å². The summed E-state index contributed by atoms with van der Waals surface area (Å²) >= 11 is 0. The van der Waals surface area contributed by atoms with E-state index in [0.717, 1.165) is 26.2 Å². The van der Waals surface area contributed by atoms with Crippen molar-refractivity contribution in [3.63, 3.8) is 0 Å². The lowest BCUT2D eigenvalue weighted by Crippen LogP contribution is -2.45. The fourth-order valence-electron chi connectivity index (χ4n) is 1.96. The molecule has 0 bridgehead atoms. The minimum absolute atomic E-state index is 0.201. The number of aryl methyl sites for hydroxylation is 1. The van der Waals surface area contributed by atoms with E-state index in [1.807, 2.05) is 4.90 Å². The summed E-state index contributed by atoms with van der Waals surface area (Å²) in [7, 11) is 3.60. The number of hydrogen-bond donors (Lipinski definition) is 0. The fraction of sp³-hybridized carbons (Fsp3) is 0.545. The molecule has 0 radical (unpaired) electrons. The molecule has 6 heteroatoms. The van der Waals surface area contributed by atoms with E-state index in [-0.39, 0.29) is 11.1 Å². The van der Waals surface area contributed by atoms with E-state index in [1.165, 1.54) is 4.68 Å². The Hall–Kier alpha value is -1.69. The monoisotopic (exact) mass is 236 g/mol. The number of anilines is 1. The van der Waals surface area contributed by atoms with Crippen molar-refractivity contribution in [2.75, 3.05) is 38.1 Å². The van der Waals surface area contributed by atoms with Crippen molar-refractivity contribution >= 4 is 12.0 Å². The van der Waals surface area contributed by atoms with Crippen LogP contribution in [0.5, 0.6) is 0 Å². The van der Waals surface area contributed by atoms with Gasteiger partial charge in [-0.25, -0.2) is 4.68 Å². The molecule has 17 heavy (non-hydrogen) atoms. The summed E-state index contributed by atoms with van der Waals surface area (Å²) in [5, 5.41) is 3.97. The molecular formula is C11H16N4O2. The van der Waals surface area contributed by atoms with Crippen LogP contribution in [0.1, 0.15) is 10.4 Å². The van der Waals surface area contributed by atoms with Gasteiger partial charge in [-0.05, 0) is 7.05 Å². The van der Waals surface area contributed by atoms with Gasteiger partial charge in [-0.15, -0.1) is 0 Å². The third kappa shape index (κ3) is 2.21. The summed E-state index contributed by atoms with van der Waals surface area (Å²) in [4.78, 5) is 27.0. The molecule has 0 amide bonds. The second-order valence-electron chi connectivity index (χ2n) is 4.28. The molecule has 2 heterocycles. The minimum Gasteiger partial charge on any atom is -0.367 e. The van der Waals surface area contributed by atoms with Gasteiger partial charge in [0.2, 0.25) is 0 Å². The summed E-state index contributed by atoms with van der Waals surface area (Å²) in [6.07, 6.45) is 2.22. The van der Waals surface area contributed by atoms with Crippen LogP contribution in [0.2, 0.25) is 0 Å². The van der Waals surface area contributed by atoms with Crippen LogP contribution < -0.4 is 10.5 Å². The topological polar surface area (TPSA) is 58.4 Å². The fourth-order valence-corrected chi connectivity index (χ4v) is 1.96. The van der Waals surface area contributed by atoms with E-state index in [2.05, 4.69) is 17.0 Å². The number of carbonyl (C=O) groups excluding carboxylic acids is 1. The Morgan fingerprint density at radius 2 is 1.88 bits per heavy atom. The second-order valence-corrected chi connectivity index (χ2v) is 4.28. The van der Waals surface area contributed by atoms with Gasteiger partial charge in [-0.3, -0.25) is 9.59 Å². The van der Waals surface area contributed by atoms with Crippen LogP contribution in [-0.4, -0.2) is 54.2 Å². The predicted octanol–water partition coefficient (Wildman–Crippen LogP) is -0.655. The highest BCUT2D eigenvalue weighted by molar-refractivity contribution is 5.83. The standard InChI is InChI=1S/C11H16N4O2/c1-13-3-5-15(6-4-13)10-7-12-14(2)11(17)9(10)8-16/h7-8H,3-6H2,1-2H3. The summed E-state index contributed by atoms with van der Waals surface area (Å²) in [5.41, 5.74) is 0.514. The van der Waals surface area contributed by atoms with Gasteiger partial charge in [0.1, 0.15) is 5.56 Å². The molecule has 1 aliphatic rings. The third-order valence-electron chi connectivity index (χ3n) is 3.12. The molecule has 0 atom stereocenters. The highest BCUT2D eigenvalue weighted by Crippen LogP contribution is 2.16. The van der Waals surface area contributed by atoms with Crippen LogP contribution in [0, 0.1) is 0 Å². The molecule has 0 aromatic carbocycles. The Bertz CT molecular complexity index is 475. The first-order chi connectivity index (χ1) is 8.13. The lowest BCUT2D eigenvalue weighted by atomic mass is 10.2. The van der Waals surface area contributed by atoms with Gasteiger partial charge in [-0.2, -0.15) is 5.10 Å². The number of nitrogens with zero attached hydrogens (tertiary/aromatic N) is 4. The van der Waals surface area contributed by atoms with Gasteiger partial charge in [0, 0.05) is 33.2 Å². The van der Waals surface area contributed by atoms with E-state index < -0.39 is 0 Å². The maximum atomic E-state index is 11.8. The zero-order chi connectivity index (χ0) is 12.4. The average molecular weight is 236 g/mol. The Morgan fingerprint density at radius 3 is 2.47 bits per heavy atom. The lowest BCUT2D eigenvalue weighted by molar-refractivity contribution is 0.112. The molecule has 1 aliphatic heterocycles. The van der Waals surface area contributed by atoms with Crippen molar-refractivity contribution in [1.82, 2.24) is 14.7 Å². The van der Waals surface area contributed by atoms with Crippen molar-refractivity contribution in [2.24, 2.45) is 7.05 Å². The van der Waals surface area contributed by atoms with Gasteiger partial charge < -0.3 is 9.80 Å². The van der Waals surface area contributed by atoms with Crippen molar-refractivity contribution < 1.29 is 4.79 Å². The Labute approximate surface area is 99.4 Å². The summed E-state index contributed by atoms with van der Waals surface area (Å²) in [6, 6.07) is 0. The molecule has 0 spiro atoms. The number of rotatable bonds is 2. The van der Waals surface area contributed by atoms with E-state index >= 15 is 0 Å². The van der Waals surface area contributed by atoms with E-state index in [0.29, 0.717) is 12.0 Å². The van der Waals surface area contributed by atoms with E-state index in [9.17, 15) is 9.59 Å². The molecule has 0 unspecified atom stereocenters. The number of hydrogen-bond acceptors (Lipinski definition) is 5. The Morgan fingerprint density at radius 1 is 1.24 bits per heavy atom. The molecular weight excluding hydrogens is 220 g/mol. The zero-order valence-corrected chi connectivity index (χ0v) is 10.1. The first-order valence-electron chi connectivity index (χ1n) is 5.58. The molecule has 0 N–H and O–H groups in total. The smallest absolute Gasteiger partial charge is 0.279 e. The molecule has 1 aromatic heterocycles. The summed E-state index contributed by atoms with van der Waals surface area (Å²) < 4.78 is 1.18. The maximum absolute atomic E-state index is 11.8. The molecule has 6 nitrogen and oxygen atoms in total. The number of aldehydes is 1. The van der Waals surface area contributed by atoms with Crippen molar-refractivity contribution in [3.8, 4) is 0 Å². The third-order valence-corrected chi connectivity index (χ3v) is 3.12. The highest BCUT2D eigenvalue weighted by Gasteiger charge is 2.19. The van der Waals surface area contributed by atoms with Gasteiger partial charge in [0.15, 0.2) is 6.29 Å². The summed E-state index contributed by atoms with van der Waals surface area (Å²) in [6.45, 7) is 3.47. The Balaban J connectivity index is 2.36. The number of aromatic nitrogens is 2. The van der Waals surface area contributed by atoms with Crippen LogP contribution in [0.15, 0.2) is 11.0 Å². The molecule has 0 saturated carbocycles. The SMILES string of the molecule is CN1CCN(c2cnn(C)c(=O)c2C=O)CC1. The zero-order valence-electron chi connectivity index (χ0n) is 10.1. The first-order valence-corrected chi connectivity index (χ1v) is 5.58. The molecule has 92 valence electrons. The maximum Gasteiger partial charge on any atom is 0.279 e. The van der Waals surface area contributed by atoms with E-state index in [1.54, 1.807) is 13.2 Å². The molecule has 2 rings (SSSR count). The van der Waals surface area contributed by atoms with Crippen molar-refractivity contribution in [2.45, 2.75) is 0 Å². The van der Waals surface area contributed by atoms with Gasteiger partial charge >= 0.3 is 0 Å². The van der Waals surface area contributed by atoms with Crippen LogP contribution in [0.4, 0.5) is 5.69 Å². The molecule has 1 aromatic rings. The van der Waals surface area contributed by atoms with Gasteiger partial charge in [-0.1, -0.05) is 0 Å². The molecule has 0 aliphatic carbocycles. The van der Waals surface area contributed by atoms with Crippen LogP contribution in [0.25, 0.3) is 0 Å². The van der Waals surface area contributed by atoms with Gasteiger partial charge in [0.25, 0.3) is 5.56 Å². The quantitative estimate of drug-likeness (QED) is 0.638. The number of piperazine rings is 1.